The Bertz CT molecular complexity index is 648. The predicted octanol–water partition coefficient (Wildman–Crippen LogP) is 2.47. The van der Waals surface area contributed by atoms with Gasteiger partial charge in [-0.2, -0.15) is 5.10 Å². The van der Waals surface area contributed by atoms with Gasteiger partial charge in [-0.25, -0.2) is 14.4 Å². The first-order valence-electron chi connectivity index (χ1n) is 5.90. The third-order valence-electron chi connectivity index (χ3n) is 3.90. The van der Waals surface area contributed by atoms with E-state index in [0.717, 1.165) is 30.4 Å². The van der Waals surface area contributed by atoms with Gasteiger partial charge in [0.1, 0.15) is 5.69 Å². The van der Waals surface area contributed by atoms with E-state index in [1.807, 2.05) is 4.68 Å². The molecule has 0 aromatic carbocycles. The Morgan fingerprint density at radius 3 is 2.94 bits per heavy atom. The van der Waals surface area contributed by atoms with Crippen LogP contribution in [0.2, 0.25) is 5.28 Å². The Hall–Kier alpha value is -1.49. The summed E-state index contributed by atoms with van der Waals surface area (Å²) in [5, 5.41) is 4.39. The SMILES string of the molecule is Fc1cnc(Cl)nc1-c1cnn2c1CC1(CC1)C2. The van der Waals surface area contributed by atoms with Gasteiger partial charge in [0.2, 0.25) is 5.28 Å². The van der Waals surface area contributed by atoms with Gasteiger partial charge in [0.15, 0.2) is 5.82 Å². The maximum atomic E-state index is 13.8. The van der Waals surface area contributed by atoms with Gasteiger partial charge in [0.05, 0.1) is 12.4 Å². The molecule has 3 heterocycles. The summed E-state index contributed by atoms with van der Waals surface area (Å²) in [6.07, 6.45) is 6.22. The zero-order chi connectivity index (χ0) is 12.3. The molecule has 0 atom stereocenters. The van der Waals surface area contributed by atoms with Crippen LogP contribution < -0.4 is 0 Å². The second kappa shape index (κ2) is 3.29. The fourth-order valence-electron chi connectivity index (χ4n) is 2.71. The molecule has 1 spiro atoms. The average Bonchev–Trinajstić information content (AvgIpc) is 2.83. The third-order valence-corrected chi connectivity index (χ3v) is 4.09. The zero-order valence-electron chi connectivity index (χ0n) is 9.53. The summed E-state index contributed by atoms with van der Waals surface area (Å²) in [5.41, 5.74) is 2.47. The van der Waals surface area contributed by atoms with E-state index < -0.39 is 5.82 Å². The van der Waals surface area contributed by atoms with Crippen LogP contribution in [-0.2, 0) is 13.0 Å². The Labute approximate surface area is 108 Å². The Kier molecular flexibility index (Phi) is 1.91. The molecule has 2 aromatic rings. The molecule has 1 fully saturated rings. The van der Waals surface area contributed by atoms with Gasteiger partial charge in [-0.1, -0.05) is 0 Å². The minimum absolute atomic E-state index is 0.0606. The lowest BCUT2D eigenvalue weighted by Gasteiger charge is -2.03. The molecule has 0 amide bonds. The van der Waals surface area contributed by atoms with Crippen LogP contribution >= 0.6 is 11.6 Å². The molecule has 1 saturated carbocycles. The molecule has 4 nitrogen and oxygen atoms in total. The summed E-state index contributed by atoms with van der Waals surface area (Å²) < 4.78 is 15.8. The van der Waals surface area contributed by atoms with Crippen molar-refractivity contribution in [2.75, 3.05) is 0 Å². The standard InChI is InChI=1S/C12H10ClFN4/c13-11-15-5-8(14)10(17-11)7-4-16-18-6-12(1-2-12)3-9(7)18/h4-5H,1-3,6H2. The summed E-state index contributed by atoms with van der Waals surface area (Å²) in [6.45, 7) is 0.947. The van der Waals surface area contributed by atoms with E-state index in [1.54, 1.807) is 6.20 Å². The second-order valence-corrected chi connectivity index (χ2v) is 5.51. The van der Waals surface area contributed by atoms with Gasteiger partial charge in [-0.15, -0.1) is 0 Å². The molecule has 0 unspecified atom stereocenters. The first-order valence-corrected chi connectivity index (χ1v) is 6.28. The van der Waals surface area contributed by atoms with E-state index in [-0.39, 0.29) is 11.0 Å². The molecular formula is C12H10ClFN4. The van der Waals surface area contributed by atoms with Gasteiger partial charge in [-0.05, 0) is 36.3 Å². The van der Waals surface area contributed by atoms with E-state index in [9.17, 15) is 4.39 Å². The highest BCUT2D eigenvalue weighted by Crippen LogP contribution is 2.54. The lowest BCUT2D eigenvalue weighted by molar-refractivity contribution is 0.471. The van der Waals surface area contributed by atoms with Crippen molar-refractivity contribution in [3.63, 3.8) is 0 Å². The summed E-state index contributed by atoms with van der Waals surface area (Å²) in [7, 11) is 0. The van der Waals surface area contributed by atoms with Gasteiger partial charge in [0.25, 0.3) is 0 Å². The van der Waals surface area contributed by atoms with Crippen molar-refractivity contribution in [2.45, 2.75) is 25.8 Å². The number of rotatable bonds is 1. The van der Waals surface area contributed by atoms with Gasteiger partial charge >= 0.3 is 0 Å². The van der Waals surface area contributed by atoms with Crippen molar-refractivity contribution in [2.24, 2.45) is 5.41 Å². The number of hydrogen-bond acceptors (Lipinski definition) is 3. The summed E-state index contributed by atoms with van der Waals surface area (Å²) >= 11 is 5.74. The smallest absolute Gasteiger partial charge is 0.223 e. The summed E-state index contributed by atoms with van der Waals surface area (Å²) in [5.74, 6) is -0.452. The molecule has 0 bridgehead atoms. The summed E-state index contributed by atoms with van der Waals surface area (Å²) in [4.78, 5) is 7.62. The van der Waals surface area contributed by atoms with E-state index >= 15 is 0 Å². The van der Waals surface area contributed by atoms with Crippen molar-refractivity contribution < 1.29 is 4.39 Å². The van der Waals surface area contributed by atoms with Crippen molar-refractivity contribution in [1.29, 1.82) is 0 Å². The Morgan fingerprint density at radius 2 is 2.17 bits per heavy atom. The molecule has 0 N–H and O–H groups in total. The largest absolute Gasteiger partial charge is 0.268 e. The van der Waals surface area contributed by atoms with Crippen LogP contribution in [0.5, 0.6) is 0 Å². The number of aromatic nitrogens is 4. The molecule has 4 rings (SSSR count). The lowest BCUT2D eigenvalue weighted by atomic mass is 10.0. The first kappa shape index (κ1) is 10.4. The van der Waals surface area contributed by atoms with E-state index in [2.05, 4.69) is 15.1 Å². The molecule has 18 heavy (non-hydrogen) atoms. The van der Waals surface area contributed by atoms with Crippen molar-refractivity contribution in [3.8, 4) is 11.3 Å². The fraction of sp³-hybridized carbons (Fsp3) is 0.417. The first-order chi connectivity index (χ1) is 8.67. The normalized spacial score (nSPS) is 19.2. The molecule has 92 valence electrons. The monoisotopic (exact) mass is 264 g/mol. The highest BCUT2D eigenvalue weighted by molar-refractivity contribution is 6.28. The number of nitrogens with zero attached hydrogens (tertiary/aromatic N) is 4. The highest BCUT2D eigenvalue weighted by atomic mass is 35.5. The Morgan fingerprint density at radius 1 is 1.33 bits per heavy atom. The van der Waals surface area contributed by atoms with E-state index in [0.29, 0.717) is 5.41 Å². The molecule has 6 heteroatoms. The van der Waals surface area contributed by atoms with E-state index in [1.165, 1.54) is 12.8 Å². The number of halogens is 2. The average molecular weight is 265 g/mol. The maximum absolute atomic E-state index is 13.8. The van der Waals surface area contributed by atoms with Gasteiger partial charge in [0, 0.05) is 17.8 Å². The molecule has 1 aliphatic heterocycles. The molecule has 2 aliphatic rings. The molecule has 0 radical (unpaired) electrons. The molecule has 0 saturated heterocycles. The topological polar surface area (TPSA) is 43.6 Å². The van der Waals surface area contributed by atoms with Crippen LogP contribution in [0, 0.1) is 11.2 Å². The van der Waals surface area contributed by atoms with Crippen LogP contribution in [-0.4, -0.2) is 19.7 Å². The van der Waals surface area contributed by atoms with Crippen LogP contribution in [0.25, 0.3) is 11.3 Å². The molecule has 2 aromatic heterocycles. The van der Waals surface area contributed by atoms with Crippen molar-refractivity contribution in [1.82, 2.24) is 19.7 Å². The maximum Gasteiger partial charge on any atom is 0.223 e. The third kappa shape index (κ3) is 1.40. The second-order valence-electron chi connectivity index (χ2n) is 5.17. The minimum Gasteiger partial charge on any atom is -0.268 e. The zero-order valence-corrected chi connectivity index (χ0v) is 10.3. The lowest BCUT2D eigenvalue weighted by Crippen LogP contribution is -2.02. The van der Waals surface area contributed by atoms with Gasteiger partial charge in [-0.3, -0.25) is 4.68 Å². The van der Waals surface area contributed by atoms with Gasteiger partial charge < -0.3 is 0 Å². The molecule has 1 aliphatic carbocycles. The van der Waals surface area contributed by atoms with Crippen molar-refractivity contribution in [3.05, 3.63) is 29.2 Å². The van der Waals surface area contributed by atoms with E-state index in [4.69, 9.17) is 11.6 Å². The number of hydrogen-bond donors (Lipinski definition) is 0. The van der Waals surface area contributed by atoms with Crippen LogP contribution in [0.3, 0.4) is 0 Å². The number of fused-ring (bicyclic) bond motifs is 1. The van der Waals surface area contributed by atoms with Crippen molar-refractivity contribution >= 4 is 11.6 Å². The quantitative estimate of drug-likeness (QED) is 0.743. The predicted molar refractivity (Wildman–Crippen MR) is 63.6 cm³/mol. The fourth-order valence-corrected chi connectivity index (χ4v) is 2.84. The minimum atomic E-state index is -0.452. The van der Waals surface area contributed by atoms with Crippen LogP contribution in [0.4, 0.5) is 4.39 Å². The van der Waals surface area contributed by atoms with Crippen LogP contribution in [0.1, 0.15) is 18.5 Å². The highest BCUT2D eigenvalue weighted by Gasteiger charge is 2.48. The summed E-state index contributed by atoms with van der Waals surface area (Å²) in [6, 6.07) is 0. The van der Waals surface area contributed by atoms with Crippen LogP contribution in [0.15, 0.2) is 12.4 Å². The molecular weight excluding hydrogens is 255 g/mol. The Balaban J connectivity index is 1.85.